The maximum atomic E-state index is 3.91. The monoisotopic (exact) mass is 598 g/mol. The molecule has 0 spiro atoms. The van der Waals surface area contributed by atoms with Crippen molar-refractivity contribution in [3.05, 3.63) is 0 Å². The highest BCUT2D eigenvalue weighted by atomic mass is 15.0. The summed E-state index contributed by atoms with van der Waals surface area (Å²) in [4.78, 5) is 0. The van der Waals surface area contributed by atoms with Crippen LogP contribution in [0.25, 0.3) is 0 Å². The van der Waals surface area contributed by atoms with Crippen molar-refractivity contribution in [1.29, 1.82) is 0 Å². The molecule has 1 N–H and O–H groups in total. The molecule has 5 fully saturated rings. The van der Waals surface area contributed by atoms with Crippen LogP contribution in [-0.4, -0.2) is 12.1 Å². The Bertz CT molecular complexity index is 745. The molecule has 10 unspecified atom stereocenters. The van der Waals surface area contributed by atoms with Gasteiger partial charge in [-0.05, 0) is 98.2 Å². The van der Waals surface area contributed by atoms with Crippen LogP contribution >= 0.6 is 0 Å². The third-order valence-electron chi connectivity index (χ3n) is 14.3. The van der Waals surface area contributed by atoms with E-state index in [4.69, 9.17) is 0 Å². The van der Waals surface area contributed by atoms with E-state index in [1.54, 1.807) is 44.9 Å². The Kier molecular flexibility index (Phi) is 15.3. The highest BCUT2D eigenvalue weighted by Gasteiger charge is 2.46. The average Bonchev–Trinajstić information content (AvgIpc) is 2.97. The van der Waals surface area contributed by atoms with Crippen LogP contribution < -0.4 is 5.32 Å². The molecule has 1 aliphatic heterocycles. The fourth-order valence-electron chi connectivity index (χ4n) is 11.7. The maximum Gasteiger partial charge on any atom is 0.0110 e. The molecule has 4 bridgehead atoms. The van der Waals surface area contributed by atoms with Gasteiger partial charge in [0.05, 0.1) is 0 Å². The molecule has 0 aromatic heterocycles. The standard InChI is InChI=1S/C42H79N/c1-7-10-11-12-13-22-35-23-15-14-20-34-21-17-29-42(6)31-37(35)24-16-19-32(4)25-27-36(30-39-33(5)43-41(39)9-3)38(18-8-2)40(42)28-26-34/h32-41,43H,7-31H2,1-6H3/t32?,33?,34?,35?,36?,37?,38?,39?,40-,41?,42?/m0/s1. The summed E-state index contributed by atoms with van der Waals surface area (Å²) < 4.78 is 0. The Hall–Kier alpha value is -0.0400. The molecule has 43 heavy (non-hydrogen) atoms. The molecule has 11 atom stereocenters. The van der Waals surface area contributed by atoms with E-state index < -0.39 is 0 Å². The molecular weight excluding hydrogens is 518 g/mol. The summed E-state index contributed by atoms with van der Waals surface area (Å²) in [5, 5.41) is 3.91. The van der Waals surface area contributed by atoms with Gasteiger partial charge in [-0.15, -0.1) is 0 Å². The minimum Gasteiger partial charge on any atom is -0.311 e. The first kappa shape index (κ1) is 35.8. The van der Waals surface area contributed by atoms with Crippen LogP contribution in [0, 0.1) is 52.8 Å². The van der Waals surface area contributed by atoms with Gasteiger partial charge in [-0.1, -0.05) is 157 Å². The molecule has 1 saturated heterocycles. The van der Waals surface area contributed by atoms with Gasteiger partial charge in [-0.2, -0.15) is 0 Å². The second kappa shape index (κ2) is 18.3. The lowest BCUT2D eigenvalue weighted by molar-refractivity contribution is -0.0107. The molecule has 0 aromatic rings. The van der Waals surface area contributed by atoms with Crippen LogP contribution in [0.15, 0.2) is 0 Å². The largest absolute Gasteiger partial charge is 0.311 e. The fraction of sp³-hybridized carbons (Fsp3) is 1.00. The van der Waals surface area contributed by atoms with Crippen molar-refractivity contribution >= 4 is 0 Å². The summed E-state index contributed by atoms with van der Waals surface area (Å²) in [5.41, 5.74) is 0.561. The molecule has 1 nitrogen and oxygen atoms in total. The van der Waals surface area contributed by atoms with Crippen molar-refractivity contribution in [2.24, 2.45) is 52.8 Å². The highest BCUT2D eigenvalue weighted by molar-refractivity contribution is 4.99. The van der Waals surface area contributed by atoms with E-state index >= 15 is 0 Å². The van der Waals surface area contributed by atoms with Crippen molar-refractivity contribution in [3.8, 4) is 0 Å². The number of fused-ring (bicyclic) bond motifs is 7. The summed E-state index contributed by atoms with van der Waals surface area (Å²) in [5.74, 6) is 7.73. The number of unbranched alkanes of at least 4 members (excludes halogenated alkanes) is 4. The van der Waals surface area contributed by atoms with Crippen LogP contribution in [0.1, 0.15) is 202 Å². The lowest BCUT2D eigenvalue weighted by Crippen LogP contribution is -2.60. The average molecular weight is 598 g/mol. The Morgan fingerprint density at radius 2 is 1.44 bits per heavy atom. The van der Waals surface area contributed by atoms with Crippen LogP contribution in [0.5, 0.6) is 0 Å². The lowest BCUT2D eigenvalue weighted by atomic mass is 9.55. The fourth-order valence-corrected chi connectivity index (χ4v) is 11.7. The van der Waals surface area contributed by atoms with Crippen molar-refractivity contribution in [1.82, 2.24) is 5.32 Å². The summed E-state index contributed by atoms with van der Waals surface area (Å²) in [6.07, 6.45) is 37.5. The van der Waals surface area contributed by atoms with Crippen molar-refractivity contribution in [2.75, 3.05) is 0 Å². The van der Waals surface area contributed by atoms with Gasteiger partial charge in [-0.25, -0.2) is 0 Å². The number of hydrogen-bond acceptors (Lipinski definition) is 1. The summed E-state index contributed by atoms with van der Waals surface area (Å²) in [6.45, 7) is 15.3. The number of nitrogens with one attached hydrogen (secondary N) is 1. The van der Waals surface area contributed by atoms with Gasteiger partial charge in [0.2, 0.25) is 0 Å². The summed E-state index contributed by atoms with van der Waals surface area (Å²) in [6, 6.07) is 1.52. The van der Waals surface area contributed by atoms with E-state index in [-0.39, 0.29) is 0 Å². The highest BCUT2D eigenvalue weighted by Crippen LogP contribution is 2.55. The first-order chi connectivity index (χ1) is 20.9. The third-order valence-corrected chi connectivity index (χ3v) is 14.3. The van der Waals surface area contributed by atoms with Crippen LogP contribution in [0.4, 0.5) is 0 Å². The van der Waals surface area contributed by atoms with Crippen LogP contribution in [0.2, 0.25) is 0 Å². The van der Waals surface area contributed by atoms with Crippen molar-refractivity contribution in [2.45, 2.75) is 214 Å². The van der Waals surface area contributed by atoms with Gasteiger partial charge in [0.25, 0.3) is 0 Å². The van der Waals surface area contributed by atoms with Gasteiger partial charge in [0.15, 0.2) is 0 Å². The number of rotatable bonds is 11. The zero-order valence-corrected chi connectivity index (χ0v) is 30.5. The molecular formula is C42H79N. The van der Waals surface area contributed by atoms with E-state index in [9.17, 15) is 0 Å². The lowest BCUT2D eigenvalue weighted by Gasteiger charge is -2.52. The van der Waals surface area contributed by atoms with Crippen LogP contribution in [0.3, 0.4) is 0 Å². The smallest absolute Gasteiger partial charge is 0.0110 e. The van der Waals surface area contributed by atoms with E-state index in [1.807, 2.05) is 0 Å². The SMILES string of the molecule is CCCCCCCC1CCCCC2CCCC3(C)CC1CCCC(C)CCC(CC1C(C)NC1CC)C(CCC)[C@@H]3CC2. The molecule has 1 heteroatoms. The normalized spacial score (nSPS) is 41.7. The van der Waals surface area contributed by atoms with Gasteiger partial charge in [-0.3, -0.25) is 0 Å². The Morgan fingerprint density at radius 1 is 0.651 bits per heavy atom. The Balaban J connectivity index is 1.66. The van der Waals surface area contributed by atoms with E-state index in [0.29, 0.717) is 5.41 Å². The van der Waals surface area contributed by atoms with Crippen molar-refractivity contribution < 1.29 is 0 Å². The number of hydrogen-bond donors (Lipinski definition) is 1. The van der Waals surface area contributed by atoms with E-state index in [1.165, 1.54) is 116 Å². The quantitative estimate of drug-likeness (QED) is 0.234. The second-order valence-electron chi connectivity index (χ2n) is 17.5. The predicted molar refractivity (Wildman–Crippen MR) is 191 cm³/mol. The van der Waals surface area contributed by atoms with Gasteiger partial charge < -0.3 is 5.32 Å². The van der Waals surface area contributed by atoms with Crippen molar-refractivity contribution in [3.63, 3.8) is 0 Å². The second-order valence-corrected chi connectivity index (χ2v) is 17.5. The molecule has 0 amide bonds. The van der Waals surface area contributed by atoms with Crippen LogP contribution in [-0.2, 0) is 0 Å². The third kappa shape index (κ3) is 10.2. The topological polar surface area (TPSA) is 12.0 Å². The molecule has 4 saturated carbocycles. The van der Waals surface area contributed by atoms with E-state index in [2.05, 4.69) is 46.9 Å². The molecule has 252 valence electrons. The molecule has 4 aliphatic carbocycles. The Labute approximate surface area is 271 Å². The van der Waals surface area contributed by atoms with Gasteiger partial charge >= 0.3 is 0 Å². The minimum atomic E-state index is 0.561. The van der Waals surface area contributed by atoms with Gasteiger partial charge in [0.1, 0.15) is 0 Å². The van der Waals surface area contributed by atoms with E-state index in [0.717, 1.165) is 59.4 Å². The molecule has 0 aromatic carbocycles. The van der Waals surface area contributed by atoms with Gasteiger partial charge in [0, 0.05) is 12.1 Å². The first-order valence-corrected chi connectivity index (χ1v) is 20.6. The molecule has 5 rings (SSSR count). The predicted octanol–water partition coefficient (Wildman–Crippen LogP) is 13.2. The molecule has 1 heterocycles. The minimum absolute atomic E-state index is 0.561. The Morgan fingerprint density at radius 3 is 2.21 bits per heavy atom. The molecule has 0 radical (unpaired) electrons. The molecule has 5 aliphatic rings. The maximum absolute atomic E-state index is 3.91. The zero-order valence-electron chi connectivity index (χ0n) is 30.5. The summed E-state index contributed by atoms with van der Waals surface area (Å²) >= 11 is 0. The first-order valence-electron chi connectivity index (χ1n) is 20.6. The summed E-state index contributed by atoms with van der Waals surface area (Å²) in [7, 11) is 0. The zero-order chi connectivity index (χ0) is 30.7.